The zero-order valence-corrected chi connectivity index (χ0v) is 15.4. The van der Waals surface area contributed by atoms with Gasteiger partial charge in [0.2, 0.25) is 11.8 Å². The van der Waals surface area contributed by atoms with Crippen molar-refractivity contribution >= 4 is 17.7 Å². The van der Waals surface area contributed by atoms with E-state index in [0.717, 1.165) is 44.1 Å². The molecule has 0 saturated heterocycles. The van der Waals surface area contributed by atoms with Gasteiger partial charge in [-0.25, -0.2) is 0 Å². The summed E-state index contributed by atoms with van der Waals surface area (Å²) in [6, 6.07) is 12.2. The fourth-order valence-corrected chi connectivity index (χ4v) is 3.75. The third kappa shape index (κ3) is 5.09. The van der Waals surface area contributed by atoms with Crippen molar-refractivity contribution in [2.45, 2.75) is 55.7 Å². The van der Waals surface area contributed by atoms with E-state index in [1.165, 1.54) is 11.8 Å². The smallest absolute Gasteiger partial charge is 0.277 e. The highest BCUT2D eigenvalue weighted by atomic mass is 32.2. The molecule has 1 fully saturated rings. The molecule has 136 valence electrons. The summed E-state index contributed by atoms with van der Waals surface area (Å²) >= 11 is 1.20. The SMILES string of the molecule is N#CC1(NC(=O)CSc2nnc(Cc3ccccc3)o2)CCCCCC1. The van der Waals surface area contributed by atoms with E-state index in [0.29, 0.717) is 17.5 Å². The average Bonchev–Trinajstić information content (AvgIpc) is 2.97. The van der Waals surface area contributed by atoms with E-state index in [9.17, 15) is 10.1 Å². The summed E-state index contributed by atoms with van der Waals surface area (Å²) in [6.07, 6.45) is 6.23. The Balaban J connectivity index is 1.51. The predicted octanol–water partition coefficient (Wildman–Crippen LogP) is 3.49. The Bertz CT molecular complexity index is 761. The van der Waals surface area contributed by atoms with Crippen LogP contribution in [-0.2, 0) is 11.2 Å². The maximum Gasteiger partial charge on any atom is 0.277 e. The van der Waals surface area contributed by atoms with Crippen LogP contribution in [-0.4, -0.2) is 27.4 Å². The van der Waals surface area contributed by atoms with Gasteiger partial charge in [-0.2, -0.15) is 5.26 Å². The summed E-state index contributed by atoms with van der Waals surface area (Å²) < 4.78 is 5.60. The van der Waals surface area contributed by atoms with E-state index in [1.54, 1.807) is 0 Å². The summed E-state index contributed by atoms with van der Waals surface area (Å²) in [5.41, 5.74) is 0.372. The van der Waals surface area contributed by atoms with E-state index in [1.807, 2.05) is 30.3 Å². The van der Waals surface area contributed by atoms with Gasteiger partial charge in [-0.3, -0.25) is 4.79 Å². The van der Waals surface area contributed by atoms with E-state index in [4.69, 9.17) is 4.42 Å². The predicted molar refractivity (Wildman–Crippen MR) is 98.5 cm³/mol. The van der Waals surface area contributed by atoms with Gasteiger partial charge in [0.15, 0.2) is 0 Å². The van der Waals surface area contributed by atoms with Crippen LogP contribution in [0.5, 0.6) is 0 Å². The standard InChI is InChI=1S/C19H22N4O2S/c20-14-19(10-6-1-2-7-11-19)21-16(24)13-26-18-23-22-17(25-18)12-15-8-4-3-5-9-15/h3-5,8-9H,1-2,6-7,10-13H2,(H,21,24). The summed E-state index contributed by atoms with van der Waals surface area (Å²) in [7, 11) is 0. The van der Waals surface area contributed by atoms with E-state index in [2.05, 4.69) is 21.6 Å². The molecule has 0 aliphatic heterocycles. The van der Waals surface area contributed by atoms with Crippen LogP contribution in [0.25, 0.3) is 0 Å². The molecule has 1 aliphatic rings. The molecule has 1 amide bonds. The van der Waals surface area contributed by atoms with E-state index >= 15 is 0 Å². The first kappa shape index (κ1) is 18.5. The molecule has 2 aromatic rings. The number of hydrogen-bond donors (Lipinski definition) is 1. The van der Waals surface area contributed by atoms with Gasteiger partial charge >= 0.3 is 0 Å². The minimum Gasteiger partial charge on any atom is -0.416 e. The molecule has 1 heterocycles. The highest BCUT2D eigenvalue weighted by molar-refractivity contribution is 7.99. The number of nitrogens with one attached hydrogen (secondary N) is 1. The lowest BCUT2D eigenvalue weighted by Crippen LogP contribution is -2.47. The second-order valence-corrected chi connectivity index (χ2v) is 7.50. The molecule has 0 unspecified atom stereocenters. The number of thioether (sulfide) groups is 1. The lowest BCUT2D eigenvalue weighted by molar-refractivity contribution is -0.120. The van der Waals surface area contributed by atoms with Gasteiger partial charge in [0, 0.05) is 0 Å². The molecule has 6 nitrogen and oxygen atoms in total. The summed E-state index contributed by atoms with van der Waals surface area (Å²) in [6.45, 7) is 0. The quantitative estimate of drug-likeness (QED) is 0.618. The maximum absolute atomic E-state index is 12.3. The first-order valence-corrected chi connectivity index (χ1v) is 9.89. The molecule has 0 atom stereocenters. The number of hydrogen-bond acceptors (Lipinski definition) is 6. The lowest BCUT2D eigenvalue weighted by Gasteiger charge is -2.26. The Kier molecular flexibility index (Phi) is 6.29. The van der Waals surface area contributed by atoms with Gasteiger partial charge in [-0.15, -0.1) is 10.2 Å². The van der Waals surface area contributed by atoms with Crippen LogP contribution in [0.2, 0.25) is 0 Å². The molecule has 1 saturated carbocycles. The molecule has 1 N–H and O–H groups in total. The van der Waals surface area contributed by atoms with Crippen LogP contribution < -0.4 is 5.32 Å². The second kappa shape index (κ2) is 8.86. The molecule has 0 radical (unpaired) electrons. The van der Waals surface area contributed by atoms with Crippen LogP contribution in [0.15, 0.2) is 40.0 Å². The molecule has 1 aromatic carbocycles. The van der Waals surface area contributed by atoms with Crippen LogP contribution >= 0.6 is 11.8 Å². The van der Waals surface area contributed by atoms with Crippen LogP contribution in [0.4, 0.5) is 0 Å². The van der Waals surface area contributed by atoms with Crippen LogP contribution in [0, 0.1) is 11.3 Å². The first-order chi connectivity index (χ1) is 12.7. The summed E-state index contributed by atoms with van der Waals surface area (Å²) in [5, 5.41) is 20.8. The van der Waals surface area contributed by atoms with E-state index < -0.39 is 5.54 Å². The molecule has 26 heavy (non-hydrogen) atoms. The van der Waals surface area contributed by atoms with Crippen LogP contribution in [0.3, 0.4) is 0 Å². The summed E-state index contributed by atoms with van der Waals surface area (Å²) in [4.78, 5) is 12.3. The molecule has 7 heteroatoms. The van der Waals surface area contributed by atoms with Crippen molar-refractivity contribution in [3.05, 3.63) is 41.8 Å². The van der Waals surface area contributed by atoms with Crippen molar-refractivity contribution in [1.82, 2.24) is 15.5 Å². The van der Waals surface area contributed by atoms with Gasteiger partial charge in [0.1, 0.15) is 5.54 Å². The Hall–Kier alpha value is -2.33. The molecule has 1 aromatic heterocycles. The van der Waals surface area contributed by atoms with Crippen LogP contribution in [0.1, 0.15) is 50.0 Å². The fraction of sp³-hybridized carbons (Fsp3) is 0.474. The number of amides is 1. The minimum atomic E-state index is -0.721. The molecular formula is C19H22N4O2S. The lowest BCUT2D eigenvalue weighted by atomic mass is 9.92. The zero-order chi connectivity index (χ0) is 18.2. The highest BCUT2D eigenvalue weighted by Crippen LogP contribution is 2.27. The van der Waals surface area contributed by atoms with E-state index in [-0.39, 0.29) is 11.7 Å². The Morgan fingerprint density at radius 2 is 1.92 bits per heavy atom. The fourth-order valence-electron chi connectivity index (χ4n) is 3.17. The molecule has 3 rings (SSSR count). The van der Waals surface area contributed by atoms with Crippen molar-refractivity contribution in [3.63, 3.8) is 0 Å². The average molecular weight is 370 g/mol. The Morgan fingerprint density at radius 1 is 1.19 bits per heavy atom. The highest BCUT2D eigenvalue weighted by Gasteiger charge is 2.32. The van der Waals surface area contributed by atoms with Gasteiger partial charge in [-0.05, 0) is 18.4 Å². The van der Waals surface area contributed by atoms with Crippen molar-refractivity contribution in [1.29, 1.82) is 5.26 Å². The maximum atomic E-state index is 12.3. The number of carbonyl (C=O) groups is 1. The Labute approximate surface area is 157 Å². The van der Waals surface area contributed by atoms with Crippen molar-refractivity contribution in [2.24, 2.45) is 0 Å². The number of benzene rings is 1. The third-order valence-corrected chi connectivity index (χ3v) is 5.34. The Morgan fingerprint density at radius 3 is 2.62 bits per heavy atom. The number of rotatable bonds is 6. The van der Waals surface area contributed by atoms with Gasteiger partial charge in [0.05, 0.1) is 18.2 Å². The second-order valence-electron chi connectivity index (χ2n) is 6.57. The minimum absolute atomic E-state index is 0.163. The zero-order valence-electron chi connectivity index (χ0n) is 14.6. The normalized spacial score (nSPS) is 16.4. The van der Waals surface area contributed by atoms with Crippen molar-refractivity contribution in [2.75, 3.05) is 5.75 Å². The molecule has 1 aliphatic carbocycles. The first-order valence-electron chi connectivity index (χ1n) is 8.90. The van der Waals surface area contributed by atoms with Crippen molar-refractivity contribution < 1.29 is 9.21 Å². The van der Waals surface area contributed by atoms with Crippen molar-refractivity contribution in [3.8, 4) is 6.07 Å². The monoisotopic (exact) mass is 370 g/mol. The number of carbonyl (C=O) groups excluding carboxylic acids is 1. The molecular weight excluding hydrogens is 348 g/mol. The van der Waals surface area contributed by atoms with Gasteiger partial charge in [-0.1, -0.05) is 67.8 Å². The topological polar surface area (TPSA) is 91.8 Å². The number of aromatic nitrogens is 2. The van der Waals surface area contributed by atoms with Gasteiger partial charge < -0.3 is 9.73 Å². The molecule has 0 bridgehead atoms. The summed E-state index contributed by atoms with van der Waals surface area (Å²) in [5.74, 6) is 0.522. The molecule has 0 spiro atoms. The largest absolute Gasteiger partial charge is 0.416 e. The van der Waals surface area contributed by atoms with Gasteiger partial charge in [0.25, 0.3) is 5.22 Å². The third-order valence-electron chi connectivity index (χ3n) is 4.52. The number of nitriles is 1. The number of nitrogens with zero attached hydrogens (tertiary/aromatic N) is 3.